The summed E-state index contributed by atoms with van der Waals surface area (Å²) in [6.45, 7) is 1.15. The van der Waals surface area contributed by atoms with E-state index in [-0.39, 0.29) is 18.2 Å². The fourth-order valence-corrected chi connectivity index (χ4v) is 3.97. The molecule has 3 rings (SSSR count). The molecule has 26 heavy (non-hydrogen) atoms. The van der Waals surface area contributed by atoms with Gasteiger partial charge in [0.25, 0.3) is 11.6 Å². The predicted molar refractivity (Wildman–Crippen MR) is 98.4 cm³/mol. The third-order valence-electron chi connectivity index (χ3n) is 4.45. The second kappa shape index (κ2) is 8.27. The van der Waals surface area contributed by atoms with E-state index in [9.17, 15) is 19.7 Å². The number of carbonyl (C=O) groups is 2. The predicted octanol–water partition coefficient (Wildman–Crippen LogP) is 3.76. The summed E-state index contributed by atoms with van der Waals surface area (Å²) in [5.41, 5.74) is -0.0255. The SMILES string of the molecule is O=C(OCC(=O)N1CCCCCCC1)c1cc2cc([N+](=O)[O-])ccc2s1. The van der Waals surface area contributed by atoms with Gasteiger partial charge < -0.3 is 9.64 Å². The van der Waals surface area contributed by atoms with Crippen LogP contribution in [-0.2, 0) is 9.53 Å². The topological polar surface area (TPSA) is 89.8 Å². The number of amides is 1. The van der Waals surface area contributed by atoms with Crippen molar-refractivity contribution >= 4 is 39.0 Å². The number of nitro benzene ring substituents is 1. The van der Waals surface area contributed by atoms with Crippen LogP contribution < -0.4 is 0 Å². The Kier molecular flexibility index (Phi) is 5.82. The fraction of sp³-hybridized carbons (Fsp3) is 0.444. The van der Waals surface area contributed by atoms with Gasteiger partial charge in [0.15, 0.2) is 6.61 Å². The molecule has 138 valence electrons. The number of likely N-dealkylation sites (tertiary alicyclic amines) is 1. The van der Waals surface area contributed by atoms with Crippen LogP contribution in [0.1, 0.15) is 41.8 Å². The molecule has 2 aromatic rings. The van der Waals surface area contributed by atoms with E-state index in [4.69, 9.17) is 4.74 Å². The molecule has 1 aromatic carbocycles. The number of fused-ring (bicyclic) bond motifs is 1. The summed E-state index contributed by atoms with van der Waals surface area (Å²) in [6.07, 6.45) is 5.42. The van der Waals surface area contributed by atoms with Gasteiger partial charge in [-0.25, -0.2) is 4.79 Å². The van der Waals surface area contributed by atoms with Crippen molar-refractivity contribution in [2.75, 3.05) is 19.7 Å². The second-order valence-electron chi connectivity index (χ2n) is 6.31. The number of hydrogen-bond acceptors (Lipinski definition) is 6. The van der Waals surface area contributed by atoms with Gasteiger partial charge in [-0.15, -0.1) is 11.3 Å². The summed E-state index contributed by atoms with van der Waals surface area (Å²) in [5, 5.41) is 11.5. The van der Waals surface area contributed by atoms with Crippen molar-refractivity contribution in [1.29, 1.82) is 0 Å². The molecular weight excluding hydrogens is 356 g/mol. The highest BCUT2D eigenvalue weighted by Gasteiger charge is 2.19. The standard InChI is InChI=1S/C18H20N2O5S/c21-17(19-8-4-2-1-3-5-9-19)12-25-18(22)16-11-13-10-14(20(23)24)6-7-15(13)26-16/h6-7,10-11H,1-5,8-9,12H2. The Morgan fingerprint density at radius 2 is 1.81 bits per heavy atom. The Hall–Kier alpha value is -2.48. The van der Waals surface area contributed by atoms with Crippen LogP contribution in [0.15, 0.2) is 24.3 Å². The number of hydrogen-bond donors (Lipinski definition) is 0. The molecule has 0 saturated carbocycles. The van der Waals surface area contributed by atoms with Gasteiger partial charge in [0, 0.05) is 35.3 Å². The van der Waals surface area contributed by atoms with Crippen molar-refractivity contribution in [2.24, 2.45) is 0 Å². The summed E-state index contributed by atoms with van der Waals surface area (Å²) in [5.74, 6) is -0.744. The summed E-state index contributed by atoms with van der Waals surface area (Å²) >= 11 is 1.20. The van der Waals surface area contributed by atoms with Crippen molar-refractivity contribution < 1.29 is 19.2 Å². The number of benzene rings is 1. The van der Waals surface area contributed by atoms with Gasteiger partial charge in [-0.2, -0.15) is 0 Å². The molecule has 1 aromatic heterocycles. The molecule has 0 unspecified atom stereocenters. The fourth-order valence-electron chi connectivity index (χ4n) is 3.03. The number of nitrogens with zero attached hydrogens (tertiary/aromatic N) is 2. The lowest BCUT2D eigenvalue weighted by Gasteiger charge is -2.24. The van der Waals surface area contributed by atoms with Gasteiger partial charge in [-0.1, -0.05) is 19.3 Å². The molecular formula is C18H20N2O5S. The Labute approximate surface area is 154 Å². The van der Waals surface area contributed by atoms with Crippen LogP contribution in [0.5, 0.6) is 0 Å². The summed E-state index contributed by atoms with van der Waals surface area (Å²) in [6, 6.07) is 6.00. The van der Waals surface area contributed by atoms with E-state index in [0.29, 0.717) is 23.4 Å². The molecule has 1 aliphatic heterocycles. The van der Waals surface area contributed by atoms with Crippen molar-refractivity contribution in [3.8, 4) is 0 Å². The van der Waals surface area contributed by atoms with E-state index in [1.165, 1.54) is 29.9 Å². The Morgan fingerprint density at radius 1 is 1.12 bits per heavy atom. The van der Waals surface area contributed by atoms with Crippen LogP contribution >= 0.6 is 11.3 Å². The second-order valence-corrected chi connectivity index (χ2v) is 7.40. The largest absolute Gasteiger partial charge is 0.451 e. The van der Waals surface area contributed by atoms with E-state index < -0.39 is 10.9 Å². The number of non-ortho nitro benzene ring substituents is 1. The molecule has 0 N–H and O–H groups in total. The Morgan fingerprint density at radius 3 is 2.50 bits per heavy atom. The lowest BCUT2D eigenvalue weighted by atomic mass is 10.1. The zero-order chi connectivity index (χ0) is 18.5. The molecule has 2 heterocycles. The third-order valence-corrected chi connectivity index (χ3v) is 5.54. The van der Waals surface area contributed by atoms with E-state index in [2.05, 4.69) is 0 Å². The first kappa shape index (κ1) is 18.3. The van der Waals surface area contributed by atoms with Crippen LogP contribution in [0.4, 0.5) is 5.69 Å². The summed E-state index contributed by atoms with van der Waals surface area (Å²) in [4.78, 5) is 37.0. The zero-order valence-corrected chi connectivity index (χ0v) is 15.1. The average Bonchev–Trinajstić information content (AvgIpc) is 3.02. The minimum atomic E-state index is -0.575. The summed E-state index contributed by atoms with van der Waals surface area (Å²) < 4.78 is 5.93. The minimum absolute atomic E-state index is 0.0255. The molecule has 7 nitrogen and oxygen atoms in total. The molecule has 1 aliphatic rings. The average molecular weight is 376 g/mol. The molecule has 0 atom stereocenters. The number of rotatable bonds is 4. The quantitative estimate of drug-likeness (QED) is 0.460. The highest BCUT2D eigenvalue weighted by atomic mass is 32.1. The Balaban J connectivity index is 1.61. The van der Waals surface area contributed by atoms with E-state index in [1.807, 2.05) is 0 Å². The highest BCUT2D eigenvalue weighted by Crippen LogP contribution is 2.29. The van der Waals surface area contributed by atoms with E-state index in [1.54, 1.807) is 17.0 Å². The van der Waals surface area contributed by atoms with E-state index >= 15 is 0 Å². The first-order valence-corrected chi connectivity index (χ1v) is 9.49. The van der Waals surface area contributed by atoms with E-state index in [0.717, 1.165) is 30.4 Å². The lowest BCUT2D eigenvalue weighted by molar-refractivity contribution is -0.384. The molecule has 0 radical (unpaired) electrons. The van der Waals surface area contributed by atoms with Crippen molar-refractivity contribution in [1.82, 2.24) is 4.90 Å². The highest BCUT2D eigenvalue weighted by molar-refractivity contribution is 7.20. The van der Waals surface area contributed by atoms with Crippen molar-refractivity contribution in [3.05, 3.63) is 39.3 Å². The molecule has 0 aliphatic carbocycles. The molecule has 1 fully saturated rings. The number of esters is 1. The minimum Gasteiger partial charge on any atom is -0.451 e. The smallest absolute Gasteiger partial charge is 0.348 e. The number of thiophene rings is 1. The zero-order valence-electron chi connectivity index (χ0n) is 14.3. The van der Waals surface area contributed by atoms with Crippen LogP contribution in [0.3, 0.4) is 0 Å². The molecule has 1 amide bonds. The summed E-state index contributed by atoms with van der Waals surface area (Å²) in [7, 11) is 0. The van der Waals surface area contributed by atoms with Gasteiger partial charge in [0.2, 0.25) is 0 Å². The van der Waals surface area contributed by atoms with Crippen LogP contribution in [0.25, 0.3) is 10.1 Å². The number of nitro groups is 1. The Bertz CT molecular complexity index is 824. The maximum atomic E-state index is 12.3. The van der Waals surface area contributed by atoms with Gasteiger partial charge in [0.05, 0.1) is 4.92 Å². The maximum Gasteiger partial charge on any atom is 0.348 e. The van der Waals surface area contributed by atoms with Gasteiger partial charge >= 0.3 is 5.97 Å². The number of ether oxygens (including phenoxy) is 1. The van der Waals surface area contributed by atoms with Crippen LogP contribution in [0.2, 0.25) is 0 Å². The molecule has 8 heteroatoms. The normalized spacial score (nSPS) is 15.3. The third kappa shape index (κ3) is 4.37. The van der Waals surface area contributed by atoms with Crippen LogP contribution in [-0.4, -0.2) is 41.4 Å². The van der Waals surface area contributed by atoms with Crippen LogP contribution in [0, 0.1) is 10.1 Å². The molecule has 1 saturated heterocycles. The van der Waals surface area contributed by atoms with Crippen molar-refractivity contribution in [3.63, 3.8) is 0 Å². The molecule has 0 bridgehead atoms. The lowest BCUT2D eigenvalue weighted by Crippen LogP contribution is -2.36. The monoisotopic (exact) mass is 376 g/mol. The first-order valence-electron chi connectivity index (χ1n) is 8.67. The molecule has 0 spiro atoms. The van der Waals surface area contributed by atoms with Gasteiger partial charge in [-0.3, -0.25) is 14.9 Å². The maximum absolute atomic E-state index is 12.3. The number of carbonyl (C=O) groups excluding carboxylic acids is 2. The van der Waals surface area contributed by atoms with Gasteiger partial charge in [0.1, 0.15) is 4.88 Å². The van der Waals surface area contributed by atoms with Crippen molar-refractivity contribution in [2.45, 2.75) is 32.1 Å². The van der Waals surface area contributed by atoms with Gasteiger partial charge in [-0.05, 0) is 25.0 Å². The first-order chi connectivity index (χ1) is 12.5.